The number of anilines is 1. The first-order valence-electron chi connectivity index (χ1n) is 11.8. The highest BCUT2D eigenvalue weighted by Gasteiger charge is 2.36. The lowest BCUT2D eigenvalue weighted by Gasteiger charge is -2.14. The van der Waals surface area contributed by atoms with E-state index in [0.29, 0.717) is 25.7 Å². The average Bonchev–Trinajstić information content (AvgIpc) is 3.20. The summed E-state index contributed by atoms with van der Waals surface area (Å²) in [5, 5.41) is 2.70. The van der Waals surface area contributed by atoms with Crippen LogP contribution in [0.2, 0.25) is 10.0 Å². The van der Waals surface area contributed by atoms with Gasteiger partial charge >= 0.3 is 5.97 Å². The number of esters is 1. The van der Waals surface area contributed by atoms with Crippen molar-refractivity contribution in [3.8, 4) is 11.5 Å². The van der Waals surface area contributed by atoms with Gasteiger partial charge in [-0.15, -0.1) is 0 Å². The predicted octanol–water partition coefficient (Wildman–Crippen LogP) is 6.65. The molecule has 13 heteroatoms. The van der Waals surface area contributed by atoms with E-state index in [-0.39, 0.29) is 27.8 Å². The maximum atomic E-state index is 13.0. The third kappa shape index (κ3) is 7.34. The van der Waals surface area contributed by atoms with Gasteiger partial charge in [-0.05, 0) is 82.4 Å². The molecule has 3 amide bonds. The molecule has 0 saturated carbocycles. The fourth-order valence-electron chi connectivity index (χ4n) is 3.73. The van der Waals surface area contributed by atoms with Crippen LogP contribution in [0.4, 0.5) is 10.5 Å². The number of hydrogen-bond acceptors (Lipinski definition) is 8. The molecule has 3 aromatic rings. The molecule has 1 fully saturated rings. The van der Waals surface area contributed by atoms with Crippen LogP contribution in [0, 0.1) is 3.57 Å². The number of imide groups is 1. The van der Waals surface area contributed by atoms with Crippen molar-refractivity contribution < 1.29 is 33.4 Å². The van der Waals surface area contributed by atoms with Crippen molar-refractivity contribution in [2.45, 2.75) is 6.61 Å². The minimum atomic E-state index is -0.673. The van der Waals surface area contributed by atoms with Crippen LogP contribution < -0.4 is 14.8 Å². The van der Waals surface area contributed by atoms with E-state index in [9.17, 15) is 19.2 Å². The molecule has 0 bridgehead atoms. The Labute approximate surface area is 263 Å². The van der Waals surface area contributed by atoms with Gasteiger partial charge in [0.25, 0.3) is 11.1 Å². The third-order valence-corrected chi connectivity index (χ3v) is 8.12. The summed E-state index contributed by atoms with van der Waals surface area (Å²) in [5.74, 6) is -0.985. The number of rotatable bonds is 9. The Bertz CT molecular complexity index is 1580. The van der Waals surface area contributed by atoms with Gasteiger partial charge in [0.2, 0.25) is 5.91 Å². The second-order valence-corrected chi connectivity index (χ2v) is 11.4. The number of nitrogens with one attached hydrogen (secondary N) is 1. The number of ether oxygens (including phenoxy) is 3. The monoisotopic (exact) mass is 726 g/mol. The summed E-state index contributed by atoms with van der Waals surface area (Å²) in [6.45, 7) is -0.291. The average molecular weight is 727 g/mol. The van der Waals surface area contributed by atoms with Crippen LogP contribution in [-0.2, 0) is 20.9 Å². The second kappa shape index (κ2) is 13.6. The van der Waals surface area contributed by atoms with Gasteiger partial charge in [0.15, 0.2) is 11.5 Å². The van der Waals surface area contributed by atoms with Crippen molar-refractivity contribution >= 4 is 92.3 Å². The van der Waals surface area contributed by atoms with E-state index in [4.69, 9.17) is 32.7 Å². The van der Waals surface area contributed by atoms with E-state index in [1.54, 1.807) is 24.3 Å². The van der Waals surface area contributed by atoms with Crippen molar-refractivity contribution in [2.24, 2.45) is 0 Å². The molecule has 4 rings (SSSR count). The lowest BCUT2D eigenvalue weighted by atomic mass is 10.1. The molecule has 1 aliphatic rings. The Balaban J connectivity index is 1.46. The summed E-state index contributed by atoms with van der Waals surface area (Å²) < 4.78 is 16.9. The molecule has 212 valence electrons. The van der Waals surface area contributed by atoms with Crippen molar-refractivity contribution in [1.82, 2.24) is 4.90 Å². The summed E-state index contributed by atoms with van der Waals surface area (Å²) in [5.41, 5.74) is 1.73. The number of carbonyl (C=O) groups excluding carboxylic acids is 4. The largest absolute Gasteiger partial charge is 0.493 e. The topological polar surface area (TPSA) is 111 Å². The molecule has 0 unspecified atom stereocenters. The lowest BCUT2D eigenvalue weighted by molar-refractivity contribution is -0.127. The summed E-state index contributed by atoms with van der Waals surface area (Å²) >= 11 is 15.1. The molecule has 1 heterocycles. The van der Waals surface area contributed by atoms with Crippen LogP contribution >= 0.6 is 57.6 Å². The Morgan fingerprint density at radius 2 is 1.80 bits per heavy atom. The van der Waals surface area contributed by atoms with Crippen molar-refractivity contribution in [3.05, 3.63) is 89.8 Å². The number of halogens is 3. The van der Waals surface area contributed by atoms with E-state index in [1.165, 1.54) is 32.4 Å². The summed E-state index contributed by atoms with van der Waals surface area (Å²) in [4.78, 5) is 51.1. The molecule has 0 atom stereocenters. The predicted molar refractivity (Wildman–Crippen MR) is 166 cm³/mol. The maximum Gasteiger partial charge on any atom is 0.339 e. The first kappa shape index (κ1) is 30.7. The quantitative estimate of drug-likeness (QED) is 0.148. The number of nitrogens with zero attached hydrogens (tertiary/aromatic N) is 1. The van der Waals surface area contributed by atoms with Crippen LogP contribution in [0.15, 0.2) is 59.5 Å². The third-order valence-electron chi connectivity index (χ3n) is 5.71. The molecular formula is C28H21Cl2IN2O7S. The molecule has 0 radical (unpaired) electrons. The van der Waals surface area contributed by atoms with Gasteiger partial charge in [0.1, 0.15) is 13.2 Å². The molecule has 0 spiro atoms. The summed E-state index contributed by atoms with van der Waals surface area (Å²) in [6, 6.07) is 15.1. The fourth-order valence-corrected chi connectivity index (χ4v) is 5.73. The molecular weight excluding hydrogens is 706 g/mol. The molecule has 1 aliphatic heterocycles. The van der Waals surface area contributed by atoms with Gasteiger partial charge in [0.05, 0.1) is 33.3 Å². The van der Waals surface area contributed by atoms with E-state index < -0.39 is 29.6 Å². The van der Waals surface area contributed by atoms with Crippen LogP contribution in [0.1, 0.15) is 21.5 Å². The van der Waals surface area contributed by atoms with Crippen LogP contribution in [0.25, 0.3) is 6.08 Å². The SMILES string of the molecule is COC(=O)c1cc(NC(=O)CN2C(=O)S/C(=C/c3cc(I)c(OCc4ccccc4Cl)c(OC)c3)C2=O)ccc1Cl. The Kier molecular flexibility index (Phi) is 10.2. The number of amides is 3. The van der Waals surface area contributed by atoms with Crippen molar-refractivity contribution in [3.63, 3.8) is 0 Å². The van der Waals surface area contributed by atoms with Gasteiger partial charge in [-0.25, -0.2) is 4.79 Å². The molecule has 1 saturated heterocycles. The number of thioether (sulfide) groups is 1. The molecule has 0 aliphatic carbocycles. The first-order chi connectivity index (χ1) is 19.6. The molecule has 1 N–H and O–H groups in total. The fraction of sp³-hybridized carbons (Fsp3) is 0.143. The van der Waals surface area contributed by atoms with Crippen molar-refractivity contribution in [1.29, 1.82) is 0 Å². The molecule has 0 aromatic heterocycles. The highest BCUT2D eigenvalue weighted by Crippen LogP contribution is 2.38. The Morgan fingerprint density at radius 3 is 2.51 bits per heavy atom. The lowest BCUT2D eigenvalue weighted by Crippen LogP contribution is -2.36. The van der Waals surface area contributed by atoms with Crippen LogP contribution in [0.3, 0.4) is 0 Å². The summed E-state index contributed by atoms with van der Waals surface area (Å²) in [6.07, 6.45) is 1.55. The summed E-state index contributed by atoms with van der Waals surface area (Å²) in [7, 11) is 2.71. The van der Waals surface area contributed by atoms with Gasteiger partial charge in [-0.1, -0.05) is 41.4 Å². The zero-order valence-electron chi connectivity index (χ0n) is 21.5. The van der Waals surface area contributed by atoms with E-state index in [1.807, 2.05) is 18.2 Å². The molecule has 3 aromatic carbocycles. The highest BCUT2D eigenvalue weighted by molar-refractivity contribution is 14.1. The highest BCUT2D eigenvalue weighted by atomic mass is 127. The second-order valence-electron chi connectivity index (χ2n) is 8.42. The zero-order valence-corrected chi connectivity index (χ0v) is 26.0. The standard InChI is InChI=1S/C28H21Cl2IN2O7S/c1-38-22-10-15(9-21(31)25(22)40-14-16-5-3-4-6-19(16)29)11-23-26(35)33(28(37)41-23)13-24(34)32-17-7-8-20(30)18(12-17)27(36)39-2/h3-12H,13-14H2,1-2H3,(H,32,34)/b23-11+. The zero-order chi connectivity index (χ0) is 29.7. The number of carbonyl (C=O) groups is 4. The van der Waals surface area contributed by atoms with Crippen LogP contribution in [-0.4, -0.2) is 48.7 Å². The first-order valence-corrected chi connectivity index (χ1v) is 14.4. The Hall–Kier alpha value is -3.26. The number of benzene rings is 3. The van der Waals surface area contributed by atoms with Gasteiger partial charge in [0, 0.05) is 16.3 Å². The van der Waals surface area contributed by atoms with E-state index in [0.717, 1.165) is 22.2 Å². The normalized spacial score (nSPS) is 13.9. The number of methoxy groups -OCH3 is 2. The Morgan fingerprint density at radius 1 is 1.05 bits per heavy atom. The molecule has 9 nitrogen and oxygen atoms in total. The van der Waals surface area contributed by atoms with E-state index >= 15 is 0 Å². The van der Waals surface area contributed by atoms with Gasteiger partial charge in [-0.3, -0.25) is 19.3 Å². The minimum Gasteiger partial charge on any atom is -0.493 e. The minimum absolute atomic E-state index is 0.0615. The van der Waals surface area contributed by atoms with Gasteiger partial charge < -0.3 is 19.5 Å². The van der Waals surface area contributed by atoms with E-state index in [2.05, 4.69) is 32.6 Å². The van der Waals surface area contributed by atoms with Gasteiger partial charge in [-0.2, -0.15) is 0 Å². The smallest absolute Gasteiger partial charge is 0.339 e. The number of hydrogen-bond donors (Lipinski definition) is 1. The molecule has 41 heavy (non-hydrogen) atoms. The van der Waals surface area contributed by atoms with Crippen LogP contribution in [0.5, 0.6) is 11.5 Å². The van der Waals surface area contributed by atoms with Crippen molar-refractivity contribution in [2.75, 3.05) is 26.1 Å². The maximum absolute atomic E-state index is 13.0.